The zero-order chi connectivity index (χ0) is 12.1. The summed E-state index contributed by atoms with van der Waals surface area (Å²) in [6, 6.07) is 0. The Morgan fingerprint density at radius 3 is 2.18 bits per heavy atom. The molecule has 0 unspecified atom stereocenters. The maximum Gasteiger partial charge on any atom is 0.0785 e. The summed E-state index contributed by atoms with van der Waals surface area (Å²) in [4.78, 5) is 2.35. The van der Waals surface area contributed by atoms with Crippen molar-refractivity contribution in [1.29, 1.82) is 0 Å². The van der Waals surface area contributed by atoms with E-state index in [-0.39, 0.29) is 0 Å². The lowest BCUT2D eigenvalue weighted by Crippen LogP contribution is -2.54. The van der Waals surface area contributed by atoms with Crippen molar-refractivity contribution in [1.82, 2.24) is 15.3 Å². The van der Waals surface area contributed by atoms with Gasteiger partial charge in [-0.05, 0) is 19.9 Å². The molecule has 0 amide bonds. The molecule has 1 saturated carbocycles. The van der Waals surface area contributed by atoms with Crippen molar-refractivity contribution in [2.24, 2.45) is 0 Å². The van der Waals surface area contributed by atoms with Crippen molar-refractivity contribution in [3.8, 4) is 0 Å². The second-order valence-electron chi connectivity index (χ2n) is 5.76. The number of nitrogens with zero attached hydrogens (tertiary/aromatic N) is 2. The molecule has 0 radical (unpaired) electrons. The Morgan fingerprint density at radius 1 is 1.00 bits per heavy atom. The Balaban J connectivity index is 1.72. The Bertz CT molecular complexity index is 219. The van der Waals surface area contributed by atoms with Crippen molar-refractivity contribution in [3.63, 3.8) is 0 Å². The number of nitrogens with one attached hydrogen (secondary N) is 1. The van der Waals surface area contributed by atoms with Crippen molar-refractivity contribution in [3.05, 3.63) is 0 Å². The molecular formula is C13H27N3O. The van der Waals surface area contributed by atoms with Gasteiger partial charge in [0.1, 0.15) is 0 Å². The highest BCUT2D eigenvalue weighted by Gasteiger charge is 2.28. The van der Waals surface area contributed by atoms with Crippen molar-refractivity contribution in [2.75, 3.05) is 39.8 Å². The third-order valence-electron chi connectivity index (χ3n) is 4.17. The normalized spacial score (nSPS) is 27.9. The number of hydrogen-bond acceptors (Lipinski definition) is 4. The molecule has 1 heterocycles. The SMILES string of the molecule is CN1CCN(NCC2(O)CCCCCC2)CC1. The van der Waals surface area contributed by atoms with Crippen LogP contribution in [0.1, 0.15) is 38.5 Å². The summed E-state index contributed by atoms with van der Waals surface area (Å²) in [5.41, 5.74) is 2.98. The maximum absolute atomic E-state index is 10.5. The Morgan fingerprint density at radius 2 is 1.59 bits per heavy atom. The molecule has 0 atom stereocenters. The van der Waals surface area contributed by atoms with E-state index >= 15 is 0 Å². The molecule has 2 rings (SSSR count). The fourth-order valence-corrected chi connectivity index (χ4v) is 2.79. The van der Waals surface area contributed by atoms with Gasteiger partial charge in [-0.3, -0.25) is 5.43 Å². The van der Waals surface area contributed by atoms with Gasteiger partial charge in [0.2, 0.25) is 0 Å². The zero-order valence-corrected chi connectivity index (χ0v) is 11.1. The van der Waals surface area contributed by atoms with E-state index in [1.54, 1.807) is 0 Å². The van der Waals surface area contributed by atoms with Crippen LogP contribution in [0.3, 0.4) is 0 Å². The first-order valence-corrected chi connectivity index (χ1v) is 7.07. The van der Waals surface area contributed by atoms with Gasteiger partial charge in [-0.15, -0.1) is 0 Å². The van der Waals surface area contributed by atoms with E-state index < -0.39 is 5.60 Å². The van der Waals surface area contributed by atoms with Crippen LogP contribution < -0.4 is 5.43 Å². The van der Waals surface area contributed by atoms with E-state index in [1.165, 1.54) is 25.7 Å². The van der Waals surface area contributed by atoms with E-state index in [0.717, 1.165) is 45.6 Å². The third kappa shape index (κ3) is 4.21. The lowest BCUT2D eigenvalue weighted by molar-refractivity contribution is -0.00452. The smallest absolute Gasteiger partial charge is 0.0785 e. The summed E-state index contributed by atoms with van der Waals surface area (Å²) in [7, 11) is 2.16. The van der Waals surface area contributed by atoms with Crippen LogP contribution in [0, 0.1) is 0 Å². The van der Waals surface area contributed by atoms with Crippen molar-refractivity contribution < 1.29 is 5.11 Å². The summed E-state index contributed by atoms with van der Waals surface area (Å²) < 4.78 is 0. The molecule has 4 heteroatoms. The average molecular weight is 241 g/mol. The van der Waals surface area contributed by atoms with Crippen LogP contribution in [0.2, 0.25) is 0 Å². The summed E-state index contributed by atoms with van der Waals surface area (Å²) in [5.74, 6) is 0. The van der Waals surface area contributed by atoms with Crippen LogP contribution in [0.15, 0.2) is 0 Å². The number of piperazine rings is 1. The molecule has 2 fully saturated rings. The molecule has 100 valence electrons. The summed E-state index contributed by atoms with van der Waals surface area (Å²) in [5, 5.41) is 12.8. The van der Waals surface area contributed by atoms with E-state index in [0.29, 0.717) is 0 Å². The Kier molecular flexibility index (Phi) is 4.79. The topological polar surface area (TPSA) is 38.7 Å². The van der Waals surface area contributed by atoms with Gasteiger partial charge in [0, 0.05) is 32.7 Å². The molecule has 0 bridgehead atoms. The molecule has 17 heavy (non-hydrogen) atoms. The van der Waals surface area contributed by atoms with Gasteiger partial charge in [0.15, 0.2) is 0 Å². The minimum Gasteiger partial charge on any atom is -0.389 e. The van der Waals surface area contributed by atoms with Gasteiger partial charge < -0.3 is 10.0 Å². The minimum absolute atomic E-state index is 0.458. The highest BCUT2D eigenvalue weighted by atomic mass is 16.3. The van der Waals surface area contributed by atoms with Crippen LogP contribution >= 0.6 is 0 Å². The van der Waals surface area contributed by atoms with Crippen LogP contribution in [-0.4, -0.2) is 60.4 Å². The maximum atomic E-state index is 10.5. The number of likely N-dealkylation sites (N-methyl/N-ethyl adjacent to an activating group) is 1. The van der Waals surface area contributed by atoms with Gasteiger partial charge >= 0.3 is 0 Å². The fourth-order valence-electron chi connectivity index (χ4n) is 2.79. The lowest BCUT2D eigenvalue weighted by atomic mass is 9.95. The van der Waals surface area contributed by atoms with Gasteiger partial charge in [0.25, 0.3) is 0 Å². The van der Waals surface area contributed by atoms with Crippen LogP contribution in [0.25, 0.3) is 0 Å². The number of aliphatic hydroxyl groups is 1. The largest absolute Gasteiger partial charge is 0.389 e. The molecule has 1 aliphatic heterocycles. The molecule has 2 aliphatic rings. The van der Waals surface area contributed by atoms with Gasteiger partial charge in [-0.1, -0.05) is 25.7 Å². The van der Waals surface area contributed by atoms with Gasteiger partial charge in [-0.2, -0.15) is 0 Å². The highest BCUT2D eigenvalue weighted by molar-refractivity contribution is 4.83. The summed E-state index contributed by atoms with van der Waals surface area (Å²) >= 11 is 0. The van der Waals surface area contributed by atoms with E-state index in [9.17, 15) is 5.11 Å². The molecule has 1 saturated heterocycles. The predicted molar refractivity (Wildman–Crippen MR) is 69.7 cm³/mol. The first-order valence-electron chi connectivity index (χ1n) is 7.07. The van der Waals surface area contributed by atoms with E-state index in [2.05, 4.69) is 22.4 Å². The molecular weight excluding hydrogens is 214 g/mol. The zero-order valence-electron chi connectivity index (χ0n) is 11.1. The quantitative estimate of drug-likeness (QED) is 0.718. The second kappa shape index (κ2) is 6.14. The van der Waals surface area contributed by atoms with Crippen molar-refractivity contribution in [2.45, 2.75) is 44.1 Å². The highest BCUT2D eigenvalue weighted by Crippen LogP contribution is 2.26. The monoisotopic (exact) mass is 241 g/mol. The number of hydrazine groups is 1. The Hall–Kier alpha value is -0.160. The molecule has 0 spiro atoms. The molecule has 0 aromatic heterocycles. The van der Waals surface area contributed by atoms with E-state index in [1.807, 2.05) is 0 Å². The third-order valence-corrected chi connectivity index (χ3v) is 4.17. The standard InChI is InChI=1S/C13H27N3O/c1-15-8-10-16(11-9-15)14-12-13(17)6-4-2-3-5-7-13/h14,17H,2-12H2,1H3. The van der Waals surface area contributed by atoms with Crippen LogP contribution in [0.5, 0.6) is 0 Å². The molecule has 1 aliphatic carbocycles. The number of hydrogen-bond donors (Lipinski definition) is 2. The van der Waals surface area contributed by atoms with E-state index in [4.69, 9.17) is 0 Å². The average Bonchev–Trinajstić information content (AvgIpc) is 2.54. The van der Waals surface area contributed by atoms with Crippen molar-refractivity contribution >= 4 is 0 Å². The van der Waals surface area contributed by atoms with Gasteiger partial charge in [0.05, 0.1) is 5.60 Å². The van der Waals surface area contributed by atoms with Crippen LogP contribution in [-0.2, 0) is 0 Å². The molecule has 2 N–H and O–H groups in total. The minimum atomic E-state index is -0.458. The fraction of sp³-hybridized carbons (Fsp3) is 1.00. The molecule has 0 aromatic carbocycles. The summed E-state index contributed by atoms with van der Waals surface area (Å²) in [6.45, 7) is 5.09. The van der Waals surface area contributed by atoms with Crippen LogP contribution in [0.4, 0.5) is 0 Å². The lowest BCUT2D eigenvalue weighted by Gasteiger charge is -2.36. The molecule has 0 aromatic rings. The second-order valence-corrected chi connectivity index (χ2v) is 5.76. The Labute approximate surface area is 105 Å². The predicted octanol–water partition coefficient (Wildman–Crippen LogP) is 0.824. The summed E-state index contributed by atoms with van der Waals surface area (Å²) in [6.07, 6.45) is 6.87. The first kappa shape index (κ1) is 13.3. The molecule has 4 nitrogen and oxygen atoms in total. The van der Waals surface area contributed by atoms with Gasteiger partial charge in [-0.25, -0.2) is 5.01 Å². The number of rotatable bonds is 3. The first-order chi connectivity index (χ1) is 8.18.